The summed E-state index contributed by atoms with van der Waals surface area (Å²) in [6.45, 7) is 0. The highest BCUT2D eigenvalue weighted by atomic mass is 35.5. The second kappa shape index (κ2) is 4.75. The van der Waals surface area contributed by atoms with Crippen molar-refractivity contribution in [2.75, 3.05) is 7.11 Å². The van der Waals surface area contributed by atoms with Crippen molar-refractivity contribution in [3.8, 4) is 11.5 Å². The fourth-order valence-electron chi connectivity index (χ4n) is 2.60. The largest absolute Gasteiger partial charge is 0.503 e. The van der Waals surface area contributed by atoms with Crippen molar-refractivity contribution in [3.05, 3.63) is 22.7 Å². The molecule has 0 aromatic heterocycles. The van der Waals surface area contributed by atoms with Gasteiger partial charge in [-0.15, -0.1) is 0 Å². The Balaban J connectivity index is 2.47. The number of rotatable bonds is 2. The molecule has 0 amide bonds. The van der Waals surface area contributed by atoms with Gasteiger partial charge in [-0.2, -0.15) is 0 Å². The zero-order valence-electron chi connectivity index (χ0n) is 10.0. The third kappa shape index (κ3) is 2.22. The number of halogens is 1. The minimum atomic E-state index is -0.397. The van der Waals surface area contributed by atoms with Crippen molar-refractivity contribution < 1.29 is 9.84 Å². The van der Waals surface area contributed by atoms with Crippen molar-refractivity contribution >= 4 is 11.6 Å². The van der Waals surface area contributed by atoms with Gasteiger partial charge in [-0.1, -0.05) is 36.9 Å². The zero-order valence-corrected chi connectivity index (χ0v) is 10.8. The maximum absolute atomic E-state index is 9.91. The summed E-state index contributed by atoms with van der Waals surface area (Å²) in [5.74, 6) is 0.406. The molecule has 1 aliphatic rings. The van der Waals surface area contributed by atoms with Gasteiger partial charge in [-0.05, 0) is 18.9 Å². The van der Waals surface area contributed by atoms with E-state index in [1.54, 1.807) is 6.07 Å². The molecular formula is C13H18ClNO2. The van der Waals surface area contributed by atoms with Crippen LogP contribution in [0.1, 0.15) is 37.7 Å². The number of methoxy groups -OCH3 is 1. The van der Waals surface area contributed by atoms with Crippen LogP contribution in [0.5, 0.6) is 11.5 Å². The molecule has 0 aliphatic heterocycles. The molecule has 3 nitrogen and oxygen atoms in total. The van der Waals surface area contributed by atoms with E-state index >= 15 is 0 Å². The first-order valence-corrected chi connectivity index (χ1v) is 6.31. The number of phenolic OH excluding ortho intramolecular Hbond substituents is 1. The maximum Gasteiger partial charge on any atom is 0.177 e. The van der Waals surface area contributed by atoms with E-state index in [0.717, 1.165) is 31.2 Å². The summed E-state index contributed by atoms with van der Waals surface area (Å²) in [7, 11) is 1.53. The summed E-state index contributed by atoms with van der Waals surface area (Å²) in [6, 6.07) is 3.55. The number of hydrogen-bond acceptors (Lipinski definition) is 3. The van der Waals surface area contributed by atoms with Gasteiger partial charge in [0.05, 0.1) is 12.1 Å². The lowest BCUT2D eigenvalue weighted by Gasteiger charge is -2.35. The Bertz CT molecular complexity index is 414. The molecule has 0 spiro atoms. The summed E-state index contributed by atoms with van der Waals surface area (Å²) in [4.78, 5) is 0. The van der Waals surface area contributed by atoms with Crippen molar-refractivity contribution in [2.24, 2.45) is 5.73 Å². The van der Waals surface area contributed by atoms with E-state index in [2.05, 4.69) is 0 Å². The fraction of sp³-hybridized carbons (Fsp3) is 0.538. The Hall–Kier alpha value is -0.930. The van der Waals surface area contributed by atoms with Gasteiger partial charge in [0.15, 0.2) is 11.5 Å². The molecule has 1 aromatic carbocycles. The van der Waals surface area contributed by atoms with Crippen molar-refractivity contribution in [2.45, 2.75) is 37.6 Å². The van der Waals surface area contributed by atoms with Crippen LogP contribution < -0.4 is 10.5 Å². The van der Waals surface area contributed by atoms with Crippen LogP contribution in [-0.4, -0.2) is 12.2 Å². The molecule has 1 fully saturated rings. The molecular weight excluding hydrogens is 238 g/mol. The van der Waals surface area contributed by atoms with Crippen LogP contribution in [0.25, 0.3) is 0 Å². The molecule has 17 heavy (non-hydrogen) atoms. The van der Waals surface area contributed by atoms with E-state index in [0.29, 0.717) is 10.8 Å². The minimum absolute atomic E-state index is 0.0120. The maximum atomic E-state index is 9.91. The van der Waals surface area contributed by atoms with Crippen molar-refractivity contribution in [1.29, 1.82) is 0 Å². The third-order valence-electron chi connectivity index (χ3n) is 3.57. The zero-order chi connectivity index (χ0) is 12.5. The molecule has 1 aromatic rings. The summed E-state index contributed by atoms with van der Waals surface area (Å²) >= 11 is 5.88. The highest BCUT2D eigenvalue weighted by Gasteiger charge is 2.33. The highest BCUT2D eigenvalue weighted by Crippen LogP contribution is 2.45. The second-order valence-corrected chi connectivity index (χ2v) is 5.10. The van der Waals surface area contributed by atoms with Gasteiger partial charge < -0.3 is 15.6 Å². The molecule has 1 saturated carbocycles. The average molecular weight is 256 g/mol. The Labute approximate surface area is 107 Å². The van der Waals surface area contributed by atoms with E-state index in [4.69, 9.17) is 22.1 Å². The normalized spacial score (nSPS) is 19.0. The number of benzene rings is 1. The first-order chi connectivity index (χ1) is 8.08. The molecule has 94 valence electrons. The van der Waals surface area contributed by atoms with E-state index in [-0.39, 0.29) is 5.75 Å². The van der Waals surface area contributed by atoms with Crippen molar-refractivity contribution in [3.63, 3.8) is 0 Å². The molecule has 2 rings (SSSR count). The van der Waals surface area contributed by atoms with Crippen LogP contribution >= 0.6 is 11.6 Å². The standard InChI is InChI=1S/C13H18ClNO2/c1-17-12-9(5-6-10(14)11(12)16)13(15)7-3-2-4-8-13/h5-6,16H,2-4,7-8,15H2,1H3. The van der Waals surface area contributed by atoms with Crippen LogP contribution in [0.2, 0.25) is 5.02 Å². The summed E-state index contributed by atoms with van der Waals surface area (Å²) in [5, 5.41) is 10.2. The van der Waals surface area contributed by atoms with Crippen LogP contribution in [-0.2, 0) is 5.54 Å². The molecule has 0 saturated heterocycles. The molecule has 0 radical (unpaired) electrons. The number of aromatic hydroxyl groups is 1. The van der Waals surface area contributed by atoms with Crippen molar-refractivity contribution in [1.82, 2.24) is 0 Å². The summed E-state index contributed by atoms with van der Waals surface area (Å²) in [6.07, 6.45) is 5.29. The predicted octanol–water partition coefficient (Wildman–Crippen LogP) is 3.17. The van der Waals surface area contributed by atoms with Crippen LogP contribution in [0, 0.1) is 0 Å². The van der Waals surface area contributed by atoms with Gasteiger partial charge in [0.1, 0.15) is 0 Å². The highest BCUT2D eigenvalue weighted by molar-refractivity contribution is 6.32. The van der Waals surface area contributed by atoms with E-state index in [9.17, 15) is 5.11 Å². The Morgan fingerprint density at radius 3 is 2.53 bits per heavy atom. The van der Waals surface area contributed by atoms with Gasteiger partial charge in [-0.25, -0.2) is 0 Å². The lowest BCUT2D eigenvalue weighted by Crippen LogP contribution is -2.38. The Morgan fingerprint density at radius 1 is 1.29 bits per heavy atom. The molecule has 0 bridgehead atoms. The lowest BCUT2D eigenvalue weighted by molar-refractivity contribution is 0.284. The summed E-state index contributed by atoms with van der Waals surface area (Å²) < 4.78 is 5.26. The van der Waals surface area contributed by atoms with Crippen LogP contribution in [0.15, 0.2) is 12.1 Å². The van der Waals surface area contributed by atoms with E-state index < -0.39 is 5.54 Å². The monoisotopic (exact) mass is 255 g/mol. The average Bonchev–Trinajstić information content (AvgIpc) is 2.33. The smallest absolute Gasteiger partial charge is 0.177 e. The number of ether oxygens (including phenoxy) is 1. The van der Waals surface area contributed by atoms with Crippen LogP contribution in [0.3, 0.4) is 0 Å². The Morgan fingerprint density at radius 2 is 1.94 bits per heavy atom. The van der Waals surface area contributed by atoms with Gasteiger partial charge >= 0.3 is 0 Å². The SMILES string of the molecule is COc1c(C2(N)CCCCC2)ccc(Cl)c1O. The molecule has 0 unspecified atom stereocenters. The second-order valence-electron chi connectivity index (χ2n) is 4.69. The van der Waals surface area contributed by atoms with Crippen LogP contribution in [0.4, 0.5) is 0 Å². The molecule has 0 heterocycles. The fourth-order valence-corrected chi connectivity index (χ4v) is 2.75. The first kappa shape index (κ1) is 12.5. The Kier molecular flexibility index (Phi) is 3.50. The minimum Gasteiger partial charge on any atom is -0.503 e. The lowest BCUT2D eigenvalue weighted by atomic mass is 9.77. The first-order valence-electron chi connectivity index (χ1n) is 5.93. The topological polar surface area (TPSA) is 55.5 Å². The third-order valence-corrected chi connectivity index (χ3v) is 3.87. The molecule has 0 atom stereocenters. The van der Waals surface area contributed by atoms with E-state index in [1.807, 2.05) is 6.07 Å². The van der Waals surface area contributed by atoms with Gasteiger partial charge in [0.25, 0.3) is 0 Å². The van der Waals surface area contributed by atoms with Gasteiger partial charge in [0.2, 0.25) is 0 Å². The van der Waals surface area contributed by atoms with Gasteiger partial charge in [0, 0.05) is 11.1 Å². The molecule has 4 heteroatoms. The predicted molar refractivity (Wildman–Crippen MR) is 68.6 cm³/mol. The van der Waals surface area contributed by atoms with E-state index in [1.165, 1.54) is 13.5 Å². The number of nitrogens with two attached hydrogens (primary N) is 1. The number of phenols is 1. The summed E-state index contributed by atoms with van der Waals surface area (Å²) in [5.41, 5.74) is 6.91. The number of hydrogen-bond donors (Lipinski definition) is 2. The quantitative estimate of drug-likeness (QED) is 0.853. The molecule has 3 N–H and O–H groups in total. The van der Waals surface area contributed by atoms with Gasteiger partial charge in [-0.3, -0.25) is 0 Å². The molecule has 1 aliphatic carbocycles.